The third-order valence-electron chi connectivity index (χ3n) is 1.43. The summed E-state index contributed by atoms with van der Waals surface area (Å²) in [7, 11) is 0. The number of nitrogens with one attached hydrogen (secondary N) is 1. The highest BCUT2D eigenvalue weighted by molar-refractivity contribution is 5.18. The Morgan fingerprint density at radius 1 is 1.42 bits per heavy atom. The number of alkyl halides is 3. The van der Waals surface area contributed by atoms with Gasteiger partial charge in [0, 0.05) is 18.0 Å². The summed E-state index contributed by atoms with van der Waals surface area (Å²) in [5, 5.41) is 0. The van der Waals surface area contributed by atoms with Crippen LogP contribution >= 0.6 is 0 Å². The molecule has 1 aromatic rings. The van der Waals surface area contributed by atoms with Crippen LogP contribution in [0, 0.1) is 0 Å². The molecule has 2 nitrogen and oxygen atoms in total. The summed E-state index contributed by atoms with van der Waals surface area (Å²) >= 11 is 0. The molecule has 0 saturated carbocycles. The van der Waals surface area contributed by atoms with Gasteiger partial charge in [-0.1, -0.05) is 0 Å². The minimum Gasteiger partial charge on any atom is -0.367 e. The van der Waals surface area contributed by atoms with E-state index in [1.54, 1.807) is 0 Å². The smallest absolute Gasteiger partial charge is 0.269 e. The standard InChI is InChI=1S/C7H6F3NO/c8-1-4-2-11-3-5(6(4)12)7(9)10/h2-3,7H,1H2,(H,11,12). The van der Waals surface area contributed by atoms with Gasteiger partial charge < -0.3 is 4.98 Å². The second kappa shape index (κ2) is 3.42. The molecule has 0 radical (unpaired) electrons. The average molecular weight is 177 g/mol. The van der Waals surface area contributed by atoms with Crippen LogP contribution in [-0.2, 0) is 6.67 Å². The fraction of sp³-hybridized carbons (Fsp3) is 0.286. The Morgan fingerprint density at radius 3 is 2.58 bits per heavy atom. The van der Waals surface area contributed by atoms with Crippen LogP contribution < -0.4 is 5.43 Å². The summed E-state index contributed by atoms with van der Waals surface area (Å²) in [6.45, 7) is -1.03. The molecule has 0 amide bonds. The highest BCUT2D eigenvalue weighted by atomic mass is 19.3. The van der Waals surface area contributed by atoms with Crippen LogP contribution in [0.15, 0.2) is 17.2 Å². The normalized spacial score (nSPS) is 10.7. The van der Waals surface area contributed by atoms with Gasteiger partial charge in [0.15, 0.2) is 5.43 Å². The highest BCUT2D eigenvalue weighted by Crippen LogP contribution is 2.13. The Kier molecular flexibility index (Phi) is 2.52. The molecule has 0 fully saturated rings. The number of hydrogen-bond donors (Lipinski definition) is 1. The van der Waals surface area contributed by atoms with Gasteiger partial charge >= 0.3 is 0 Å². The van der Waals surface area contributed by atoms with Gasteiger partial charge in [0.2, 0.25) is 0 Å². The van der Waals surface area contributed by atoms with Crippen molar-refractivity contribution in [3.05, 3.63) is 33.7 Å². The van der Waals surface area contributed by atoms with Gasteiger partial charge in [-0.3, -0.25) is 4.79 Å². The molecule has 5 heteroatoms. The number of rotatable bonds is 2. The van der Waals surface area contributed by atoms with E-state index >= 15 is 0 Å². The third-order valence-corrected chi connectivity index (χ3v) is 1.43. The SMILES string of the molecule is O=c1c(CF)c[nH]cc1C(F)F. The molecule has 0 aliphatic heterocycles. The number of H-pyrrole nitrogens is 1. The van der Waals surface area contributed by atoms with E-state index in [0.29, 0.717) is 0 Å². The van der Waals surface area contributed by atoms with E-state index in [2.05, 4.69) is 4.98 Å². The summed E-state index contributed by atoms with van der Waals surface area (Å²) in [6.07, 6.45) is -0.902. The highest BCUT2D eigenvalue weighted by Gasteiger charge is 2.13. The van der Waals surface area contributed by atoms with E-state index in [4.69, 9.17) is 0 Å². The number of aromatic amines is 1. The summed E-state index contributed by atoms with van der Waals surface area (Å²) in [6, 6.07) is 0. The quantitative estimate of drug-likeness (QED) is 0.733. The summed E-state index contributed by atoms with van der Waals surface area (Å²) in [4.78, 5) is 13.2. The Balaban J connectivity index is 3.24. The topological polar surface area (TPSA) is 32.9 Å². The molecule has 0 unspecified atom stereocenters. The maximum Gasteiger partial charge on any atom is 0.269 e. The van der Waals surface area contributed by atoms with Crippen LogP contribution in [0.2, 0.25) is 0 Å². The van der Waals surface area contributed by atoms with E-state index in [0.717, 1.165) is 12.4 Å². The zero-order valence-electron chi connectivity index (χ0n) is 5.98. The molecule has 1 heterocycles. The molecule has 1 rings (SSSR count). The maximum absolute atomic E-state index is 12.0. The molecule has 0 aromatic carbocycles. The molecule has 12 heavy (non-hydrogen) atoms. The Hall–Kier alpha value is -1.26. The van der Waals surface area contributed by atoms with E-state index in [1.165, 1.54) is 0 Å². The molecule has 66 valence electrons. The van der Waals surface area contributed by atoms with Gasteiger partial charge in [-0.05, 0) is 0 Å². The molecule has 1 aromatic heterocycles. The Labute approximate surface area is 66.0 Å². The van der Waals surface area contributed by atoms with E-state index in [9.17, 15) is 18.0 Å². The van der Waals surface area contributed by atoms with E-state index in [1.807, 2.05) is 0 Å². The van der Waals surface area contributed by atoms with Gasteiger partial charge in [0.05, 0.1) is 5.56 Å². The van der Waals surface area contributed by atoms with E-state index < -0.39 is 24.1 Å². The molecular weight excluding hydrogens is 171 g/mol. The largest absolute Gasteiger partial charge is 0.367 e. The van der Waals surface area contributed by atoms with Crippen molar-refractivity contribution in [1.82, 2.24) is 4.98 Å². The molecule has 0 aliphatic rings. The van der Waals surface area contributed by atoms with Crippen molar-refractivity contribution >= 4 is 0 Å². The van der Waals surface area contributed by atoms with Crippen LogP contribution in [0.4, 0.5) is 13.2 Å². The van der Waals surface area contributed by atoms with E-state index in [-0.39, 0.29) is 5.56 Å². The average Bonchev–Trinajstić information content (AvgIpc) is 2.04. The number of halogens is 3. The molecule has 0 bridgehead atoms. The van der Waals surface area contributed by atoms with Crippen molar-refractivity contribution in [3.8, 4) is 0 Å². The lowest BCUT2D eigenvalue weighted by atomic mass is 10.2. The molecule has 0 saturated heterocycles. The Morgan fingerprint density at radius 2 is 2.08 bits per heavy atom. The lowest BCUT2D eigenvalue weighted by Gasteiger charge is -1.99. The predicted octanol–water partition coefficient (Wildman–Crippen LogP) is 1.78. The van der Waals surface area contributed by atoms with Crippen molar-refractivity contribution in [2.24, 2.45) is 0 Å². The molecule has 0 aliphatic carbocycles. The lowest BCUT2D eigenvalue weighted by molar-refractivity contribution is 0.149. The van der Waals surface area contributed by atoms with Crippen molar-refractivity contribution in [3.63, 3.8) is 0 Å². The molecule has 0 spiro atoms. The van der Waals surface area contributed by atoms with Crippen LogP contribution in [0.3, 0.4) is 0 Å². The molecule has 0 atom stereocenters. The number of hydrogen-bond acceptors (Lipinski definition) is 1. The first kappa shape index (κ1) is 8.83. The fourth-order valence-electron chi connectivity index (χ4n) is 0.810. The van der Waals surface area contributed by atoms with Crippen LogP contribution in [0.25, 0.3) is 0 Å². The van der Waals surface area contributed by atoms with Crippen molar-refractivity contribution in [2.45, 2.75) is 13.1 Å². The van der Waals surface area contributed by atoms with Gasteiger partial charge in [-0.2, -0.15) is 0 Å². The fourth-order valence-corrected chi connectivity index (χ4v) is 0.810. The van der Waals surface area contributed by atoms with Gasteiger partial charge in [0.1, 0.15) is 6.67 Å². The van der Waals surface area contributed by atoms with Crippen molar-refractivity contribution in [2.75, 3.05) is 0 Å². The van der Waals surface area contributed by atoms with Crippen LogP contribution in [0.5, 0.6) is 0 Å². The van der Waals surface area contributed by atoms with Gasteiger partial charge in [-0.25, -0.2) is 13.2 Å². The first-order chi connectivity index (χ1) is 5.66. The van der Waals surface area contributed by atoms with Gasteiger partial charge in [-0.15, -0.1) is 0 Å². The van der Waals surface area contributed by atoms with Crippen molar-refractivity contribution < 1.29 is 13.2 Å². The van der Waals surface area contributed by atoms with Crippen LogP contribution in [0.1, 0.15) is 17.6 Å². The van der Waals surface area contributed by atoms with Crippen molar-refractivity contribution in [1.29, 1.82) is 0 Å². The molecular formula is C7H6F3NO. The third kappa shape index (κ3) is 1.49. The molecule has 1 N–H and O–H groups in total. The summed E-state index contributed by atoms with van der Waals surface area (Å²) in [5.74, 6) is 0. The first-order valence-corrected chi connectivity index (χ1v) is 3.20. The van der Waals surface area contributed by atoms with Crippen LogP contribution in [-0.4, -0.2) is 4.98 Å². The zero-order valence-corrected chi connectivity index (χ0v) is 5.98. The second-order valence-electron chi connectivity index (χ2n) is 2.20. The number of aromatic nitrogens is 1. The lowest BCUT2D eigenvalue weighted by Crippen LogP contribution is -2.14. The van der Waals surface area contributed by atoms with Gasteiger partial charge in [0.25, 0.3) is 6.43 Å². The predicted molar refractivity (Wildman–Crippen MR) is 36.8 cm³/mol. The zero-order chi connectivity index (χ0) is 9.14. The first-order valence-electron chi connectivity index (χ1n) is 3.20. The number of pyridine rings is 1. The minimum atomic E-state index is -2.86. The monoisotopic (exact) mass is 177 g/mol. The summed E-state index contributed by atoms with van der Waals surface area (Å²) < 4.78 is 36.0. The minimum absolute atomic E-state index is 0.271. The maximum atomic E-state index is 12.0. The Bertz CT molecular complexity index is 321. The summed E-state index contributed by atoms with van der Waals surface area (Å²) in [5.41, 5.74) is -1.88. The second-order valence-corrected chi connectivity index (χ2v) is 2.20.